The first-order valence-corrected chi connectivity index (χ1v) is 3.39. The van der Waals surface area contributed by atoms with Gasteiger partial charge in [-0.15, -0.1) is 0 Å². The summed E-state index contributed by atoms with van der Waals surface area (Å²) >= 11 is 0. The van der Waals surface area contributed by atoms with Gasteiger partial charge in [0.2, 0.25) is 5.91 Å². The summed E-state index contributed by atoms with van der Waals surface area (Å²) in [5.74, 6) is 0.0300. The van der Waals surface area contributed by atoms with Crippen LogP contribution in [0.1, 0.15) is 19.8 Å². The molecule has 0 unspecified atom stereocenters. The molecule has 58 valence electrons. The van der Waals surface area contributed by atoms with Crippen molar-refractivity contribution in [2.75, 3.05) is 14.1 Å². The number of nitrogens with one attached hydrogen (secondary N) is 1. The molecule has 0 saturated heterocycles. The van der Waals surface area contributed by atoms with E-state index in [9.17, 15) is 4.79 Å². The molecule has 0 bridgehead atoms. The summed E-state index contributed by atoms with van der Waals surface area (Å²) < 4.78 is 0. The van der Waals surface area contributed by atoms with Crippen molar-refractivity contribution in [2.45, 2.75) is 19.8 Å². The van der Waals surface area contributed by atoms with Crippen LogP contribution in [-0.2, 0) is 4.79 Å². The highest BCUT2D eigenvalue weighted by atomic mass is 16.1. The molecule has 0 aromatic carbocycles. The molecule has 0 rings (SSSR count). The number of hydrogen-bond acceptors (Lipinski definition) is 2. The van der Waals surface area contributed by atoms with E-state index in [1.54, 1.807) is 14.1 Å². The second-order valence-corrected chi connectivity index (χ2v) is 1.99. The number of carbonyl (C=O) groups is 1. The van der Waals surface area contributed by atoms with Crippen LogP contribution < -0.4 is 5.32 Å². The topological polar surface area (TPSA) is 41.5 Å². The number of carbonyl (C=O) groups excluding carboxylic acids is 1. The van der Waals surface area contributed by atoms with E-state index >= 15 is 0 Å². The summed E-state index contributed by atoms with van der Waals surface area (Å²) in [6.45, 7) is 1.99. The number of amides is 1. The Labute approximate surface area is 61.5 Å². The smallest absolute Gasteiger partial charge is 0.225 e. The molecule has 3 heteroatoms. The van der Waals surface area contributed by atoms with Gasteiger partial charge in [0.05, 0.1) is 6.42 Å². The van der Waals surface area contributed by atoms with Crippen molar-refractivity contribution in [3.05, 3.63) is 0 Å². The lowest BCUT2D eigenvalue weighted by atomic mass is 10.2. The van der Waals surface area contributed by atoms with Gasteiger partial charge in [-0.1, -0.05) is 6.92 Å². The van der Waals surface area contributed by atoms with E-state index in [0.717, 1.165) is 12.1 Å². The zero-order valence-corrected chi connectivity index (χ0v) is 6.77. The van der Waals surface area contributed by atoms with Gasteiger partial charge in [-0.2, -0.15) is 0 Å². The summed E-state index contributed by atoms with van der Waals surface area (Å²) in [4.78, 5) is 14.7. The fraction of sp³-hybridized carbons (Fsp3) is 0.714. The maximum Gasteiger partial charge on any atom is 0.225 e. The standard InChI is InChI=1S/C7H14N2O/c1-4-6(8-2)5-7(10)9-3/h4-5H2,1-3H3,(H,9,10)/b8-6+. The first-order chi connectivity index (χ1) is 4.74. The van der Waals surface area contributed by atoms with Crippen LogP contribution in [0.5, 0.6) is 0 Å². The zero-order chi connectivity index (χ0) is 7.98. The van der Waals surface area contributed by atoms with Crippen LogP contribution >= 0.6 is 0 Å². The molecule has 0 aliphatic rings. The maximum absolute atomic E-state index is 10.7. The predicted molar refractivity (Wildman–Crippen MR) is 42.3 cm³/mol. The molecular formula is C7H14N2O. The number of nitrogens with zero attached hydrogens (tertiary/aromatic N) is 1. The molecule has 0 fully saturated rings. The largest absolute Gasteiger partial charge is 0.359 e. The van der Waals surface area contributed by atoms with Gasteiger partial charge < -0.3 is 5.32 Å². The third-order valence-corrected chi connectivity index (χ3v) is 1.37. The molecule has 1 amide bonds. The summed E-state index contributed by atoms with van der Waals surface area (Å²) in [5, 5.41) is 2.54. The molecule has 0 aliphatic carbocycles. The first kappa shape index (κ1) is 9.14. The van der Waals surface area contributed by atoms with Gasteiger partial charge in [-0.3, -0.25) is 9.79 Å². The highest BCUT2D eigenvalue weighted by Crippen LogP contribution is 1.90. The average Bonchev–Trinajstić information content (AvgIpc) is 1.99. The monoisotopic (exact) mass is 142 g/mol. The van der Waals surface area contributed by atoms with E-state index in [2.05, 4.69) is 10.3 Å². The second kappa shape index (κ2) is 4.97. The lowest BCUT2D eigenvalue weighted by Crippen LogP contribution is -2.20. The van der Waals surface area contributed by atoms with E-state index in [0.29, 0.717) is 6.42 Å². The first-order valence-electron chi connectivity index (χ1n) is 3.39. The van der Waals surface area contributed by atoms with Crippen LogP contribution in [0.25, 0.3) is 0 Å². The van der Waals surface area contributed by atoms with Gasteiger partial charge in [0.15, 0.2) is 0 Å². The molecule has 10 heavy (non-hydrogen) atoms. The van der Waals surface area contributed by atoms with E-state index in [1.165, 1.54) is 0 Å². The van der Waals surface area contributed by atoms with Crippen LogP contribution in [-0.4, -0.2) is 25.7 Å². The van der Waals surface area contributed by atoms with Crippen LogP contribution in [0.15, 0.2) is 4.99 Å². The summed E-state index contributed by atoms with van der Waals surface area (Å²) in [6, 6.07) is 0. The van der Waals surface area contributed by atoms with Crippen LogP contribution in [0.3, 0.4) is 0 Å². The third-order valence-electron chi connectivity index (χ3n) is 1.37. The van der Waals surface area contributed by atoms with Crippen LogP contribution in [0.4, 0.5) is 0 Å². The molecule has 0 spiro atoms. The Morgan fingerprint density at radius 2 is 2.20 bits per heavy atom. The fourth-order valence-corrected chi connectivity index (χ4v) is 0.636. The Balaban J connectivity index is 3.76. The lowest BCUT2D eigenvalue weighted by Gasteiger charge is -1.99. The maximum atomic E-state index is 10.7. The van der Waals surface area contributed by atoms with Gasteiger partial charge >= 0.3 is 0 Å². The fourth-order valence-electron chi connectivity index (χ4n) is 0.636. The molecule has 0 saturated carbocycles. The Bertz CT molecular complexity index is 141. The predicted octanol–water partition coefficient (Wildman–Crippen LogP) is 0.603. The quantitative estimate of drug-likeness (QED) is 0.576. The molecule has 1 N–H and O–H groups in total. The Kier molecular flexibility index (Phi) is 4.54. The van der Waals surface area contributed by atoms with E-state index < -0.39 is 0 Å². The number of hydrogen-bond donors (Lipinski definition) is 1. The van der Waals surface area contributed by atoms with Crippen molar-refractivity contribution in [1.29, 1.82) is 0 Å². The van der Waals surface area contributed by atoms with E-state index in [4.69, 9.17) is 0 Å². The molecule has 0 heterocycles. The zero-order valence-electron chi connectivity index (χ0n) is 6.77. The van der Waals surface area contributed by atoms with Crippen molar-refractivity contribution >= 4 is 11.6 Å². The van der Waals surface area contributed by atoms with Gasteiger partial charge in [0.1, 0.15) is 0 Å². The van der Waals surface area contributed by atoms with Gasteiger partial charge in [-0.05, 0) is 6.42 Å². The minimum Gasteiger partial charge on any atom is -0.359 e. The SMILES string of the molecule is CC/C(CC(=O)NC)=N\C. The molecule has 0 atom stereocenters. The molecule has 3 nitrogen and oxygen atoms in total. The highest BCUT2D eigenvalue weighted by Gasteiger charge is 2.01. The molecule has 0 radical (unpaired) electrons. The summed E-state index contributed by atoms with van der Waals surface area (Å²) in [6.07, 6.45) is 1.29. The highest BCUT2D eigenvalue weighted by molar-refractivity contribution is 6.00. The number of aliphatic imine (C=N–C) groups is 1. The molecule has 0 aromatic heterocycles. The van der Waals surface area contributed by atoms with Crippen LogP contribution in [0, 0.1) is 0 Å². The van der Waals surface area contributed by atoms with E-state index in [1.807, 2.05) is 6.92 Å². The van der Waals surface area contributed by atoms with E-state index in [-0.39, 0.29) is 5.91 Å². The van der Waals surface area contributed by atoms with Gasteiger partial charge in [-0.25, -0.2) is 0 Å². The van der Waals surface area contributed by atoms with Crippen molar-refractivity contribution in [3.8, 4) is 0 Å². The Morgan fingerprint density at radius 1 is 1.60 bits per heavy atom. The van der Waals surface area contributed by atoms with Crippen molar-refractivity contribution in [3.63, 3.8) is 0 Å². The third kappa shape index (κ3) is 3.22. The minimum atomic E-state index is 0.0300. The molecular weight excluding hydrogens is 128 g/mol. The molecule has 0 aliphatic heterocycles. The summed E-state index contributed by atoms with van der Waals surface area (Å²) in [7, 11) is 3.34. The Hall–Kier alpha value is -0.860. The lowest BCUT2D eigenvalue weighted by molar-refractivity contribution is -0.119. The Morgan fingerprint density at radius 3 is 2.50 bits per heavy atom. The minimum absolute atomic E-state index is 0.0300. The normalized spacial score (nSPS) is 11.3. The summed E-state index contributed by atoms with van der Waals surface area (Å²) in [5.41, 5.74) is 0.944. The average molecular weight is 142 g/mol. The van der Waals surface area contributed by atoms with Crippen LogP contribution in [0.2, 0.25) is 0 Å². The molecule has 0 aromatic rings. The van der Waals surface area contributed by atoms with Crippen molar-refractivity contribution in [1.82, 2.24) is 5.32 Å². The van der Waals surface area contributed by atoms with Crippen molar-refractivity contribution < 1.29 is 4.79 Å². The van der Waals surface area contributed by atoms with Gasteiger partial charge in [0, 0.05) is 19.8 Å². The number of rotatable bonds is 3. The van der Waals surface area contributed by atoms with Gasteiger partial charge in [0.25, 0.3) is 0 Å². The van der Waals surface area contributed by atoms with Crippen molar-refractivity contribution in [2.24, 2.45) is 4.99 Å². The second-order valence-electron chi connectivity index (χ2n) is 1.99.